The normalized spacial score (nSPS) is 11.4. The molecule has 24 heavy (non-hydrogen) atoms. The molecule has 0 saturated heterocycles. The monoisotopic (exact) mass is 378 g/mol. The molecular weight excluding hydrogens is 348 g/mol. The highest BCUT2D eigenvalue weighted by Gasteiger charge is 2.03. The molecular formula is C15H30N4O3S2. The van der Waals surface area contributed by atoms with E-state index in [1.54, 1.807) is 6.20 Å². The van der Waals surface area contributed by atoms with Crippen molar-refractivity contribution in [2.24, 2.45) is 11.7 Å². The smallest absolute Gasteiger partial charge is 0.222 e. The van der Waals surface area contributed by atoms with E-state index in [1.165, 1.54) is 0 Å². The molecule has 0 aromatic carbocycles. The number of hydrogen-bond donors (Lipinski definition) is 5. The van der Waals surface area contributed by atoms with Crippen LogP contribution in [0.4, 0.5) is 0 Å². The summed E-state index contributed by atoms with van der Waals surface area (Å²) in [5.41, 5.74) is 6.29. The van der Waals surface area contributed by atoms with Gasteiger partial charge < -0.3 is 25.8 Å². The Hall–Kier alpha value is -1.06. The van der Waals surface area contributed by atoms with Gasteiger partial charge in [0.2, 0.25) is 11.8 Å². The molecule has 9 heteroatoms. The lowest BCUT2D eigenvalue weighted by molar-refractivity contribution is -0.122. The minimum Gasteiger partial charge on any atom is -0.401 e. The van der Waals surface area contributed by atoms with Gasteiger partial charge in [-0.3, -0.25) is 9.59 Å². The van der Waals surface area contributed by atoms with Gasteiger partial charge in [-0.25, -0.2) is 0 Å². The zero-order valence-electron chi connectivity index (χ0n) is 14.5. The van der Waals surface area contributed by atoms with Crippen LogP contribution in [0.25, 0.3) is 0 Å². The molecule has 0 aliphatic heterocycles. The number of nitrogens with two attached hydrogens (primary N) is 1. The first-order valence-electron chi connectivity index (χ1n) is 8.07. The molecule has 0 aliphatic rings. The van der Waals surface area contributed by atoms with Crippen LogP contribution in [-0.2, 0) is 14.3 Å². The van der Waals surface area contributed by atoms with E-state index in [0.29, 0.717) is 63.6 Å². The van der Waals surface area contributed by atoms with Crippen LogP contribution in [0.2, 0.25) is 0 Å². The zero-order chi connectivity index (χ0) is 18.2. The van der Waals surface area contributed by atoms with Crippen molar-refractivity contribution < 1.29 is 14.3 Å². The molecule has 0 spiro atoms. The third-order valence-electron chi connectivity index (χ3n) is 2.86. The summed E-state index contributed by atoms with van der Waals surface area (Å²) < 4.78 is 8.13. The van der Waals surface area contributed by atoms with Crippen molar-refractivity contribution in [1.82, 2.24) is 15.4 Å². The van der Waals surface area contributed by atoms with Crippen molar-refractivity contribution >= 4 is 34.5 Å². The highest BCUT2D eigenvalue weighted by molar-refractivity contribution is 8.67. The Bertz CT molecular complexity index is 393. The number of amides is 2. The molecule has 0 unspecified atom stereocenters. The molecule has 7 nitrogen and oxygen atoms in total. The van der Waals surface area contributed by atoms with Gasteiger partial charge in [0.05, 0.1) is 6.61 Å². The molecule has 0 radical (unpaired) electrons. The summed E-state index contributed by atoms with van der Waals surface area (Å²) in [4.78, 5) is 23.1. The number of carbonyl (C=O) groups is 2. The van der Waals surface area contributed by atoms with Crippen LogP contribution >= 0.6 is 22.6 Å². The first kappa shape index (κ1) is 22.9. The van der Waals surface area contributed by atoms with Gasteiger partial charge in [-0.05, 0) is 18.8 Å². The third kappa shape index (κ3) is 15.8. The molecule has 0 aliphatic carbocycles. The zero-order valence-corrected chi connectivity index (χ0v) is 16.2. The molecule has 0 saturated carbocycles. The number of thiol groups is 1. The van der Waals surface area contributed by atoms with Crippen LogP contribution in [0, 0.1) is 5.92 Å². The molecule has 2 amide bonds. The number of rotatable bonds is 14. The fourth-order valence-electron chi connectivity index (χ4n) is 1.64. The van der Waals surface area contributed by atoms with E-state index in [0.717, 1.165) is 11.0 Å². The standard InChI is InChI=1S/C15H30N4O3S2/c1-12(2)11-22-9-6-15(21)18-8-3-7-17-14(20)5-4-13(16)10-19-24-23/h10,12,19,23H,3-9,11,16H2,1-2H3,(H,17,20)(H,18,21)/b13-10-. The molecule has 0 aromatic heterocycles. The number of hydrogen-bond acceptors (Lipinski definition) is 7. The second kappa shape index (κ2) is 15.5. The van der Waals surface area contributed by atoms with Crippen molar-refractivity contribution in [1.29, 1.82) is 0 Å². The largest absolute Gasteiger partial charge is 0.401 e. The summed E-state index contributed by atoms with van der Waals surface area (Å²) in [5.74, 6) is 0.386. The maximum atomic E-state index is 11.6. The summed E-state index contributed by atoms with van der Waals surface area (Å²) >= 11 is 3.91. The summed E-state index contributed by atoms with van der Waals surface area (Å²) in [5, 5.41) is 5.59. The Morgan fingerprint density at radius 1 is 1.17 bits per heavy atom. The lowest BCUT2D eigenvalue weighted by Gasteiger charge is -2.08. The maximum absolute atomic E-state index is 11.6. The van der Waals surface area contributed by atoms with Gasteiger partial charge in [-0.15, -0.1) is 0 Å². The van der Waals surface area contributed by atoms with Gasteiger partial charge in [-0.2, -0.15) is 0 Å². The number of carbonyl (C=O) groups excluding carboxylic acids is 2. The Morgan fingerprint density at radius 3 is 2.38 bits per heavy atom. The topological polar surface area (TPSA) is 105 Å². The van der Waals surface area contributed by atoms with E-state index >= 15 is 0 Å². The quantitative estimate of drug-likeness (QED) is 0.135. The minimum absolute atomic E-state index is 0.0300. The summed E-state index contributed by atoms with van der Waals surface area (Å²) in [6, 6.07) is 0. The molecule has 0 bridgehead atoms. The predicted octanol–water partition coefficient (Wildman–Crippen LogP) is 1.33. The van der Waals surface area contributed by atoms with Gasteiger partial charge in [-0.1, -0.05) is 25.5 Å². The maximum Gasteiger partial charge on any atom is 0.222 e. The first-order valence-corrected chi connectivity index (χ1v) is 9.94. The van der Waals surface area contributed by atoms with Gasteiger partial charge in [0.25, 0.3) is 0 Å². The number of nitrogens with one attached hydrogen (secondary N) is 3. The van der Waals surface area contributed by atoms with Crippen LogP contribution in [0.15, 0.2) is 11.9 Å². The van der Waals surface area contributed by atoms with E-state index in [9.17, 15) is 9.59 Å². The van der Waals surface area contributed by atoms with Crippen molar-refractivity contribution in [2.45, 2.75) is 39.5 Å². The van der Waals surface area contributed by atoms with Crippen LogP contribution in [0.3, 0.4) is 0 Å². The molecule has 0 fully saturated rings. The molecule has 0 atom stereocenters. The predicted molar refractivity (Wildman–Crippen MR) is 102 cm³/mol. The Labute approximate surface area is 153 Å². The van der Waals surface area contributed by atoms with Crippen LogP contribution < -0.4 is 21.1 Å². The SMILES string of the molecule is CC(C)COCCC(=O)NCCCNC(=O)CC/C(N)=C/NSS. The molecule has 0 heterocycles. The van der Waals surface area contributed by atoms with E-state index in [4.69, 9.17) is 10.5 Å². The van der Waals surface area contributed by atoms with E-state index in [-0.39, 0.29) is 11.8 Å². The fourth-order valence-corrected chi connectivity index (χ4v) is 2.00. The number of allylic oxidation sites excluding steroid dienone is 1. The Balaban J connectivity index is 3.51. The first-order chi connectivity index (χ1) is 11.5. The number of ether oxygens (including phenoxy) is 1. The van der Waals surface area contributed by atoms with Crippen molar-refractivity contribution in [2.75, 3.05) is 26.3 Å². The Morgan fingerprint density at radius 2 is 1.79 bits per heavy atom. The van der Waals surface area contributed by atoms with Gasteiger partial charge in [0.15, 0.2) is 0 Å². The third-order valence-corrected chi connectivity index (χ3v) is 3.40. The average molecular weight is 379 g/mol. The highest BCUT2D eigenvalue weighted by atomic mass is 33.1. The van der Waals surface area contributed by atoms with E-state index < -0.39 is 0 Å². The molecule has 5 N–H and O–H groups in total. The van der Waals surface area contributed by atoms with Crippen molar-refractivity contribution in [3.63, 3.8) is 0 Å². The molecule has 0 aromatic rings. The minimum atomic E-state index is -0.0571. The summed E-state index contributed by atoms with van der Waals surface area (Å²) in [6.45, 7) is 6.30. The van der Waals surface area contributed by atoms with Crippen molar-refractivity contribution in [3.05, 3.63) is 11.9 Å². The second-order valence-corrected chi connectivity index (χ2v) is 6.67. The van der Waals surface area contributed by atoms with Gasteiger partial charge in [0.1, 0.15) is 0 Å². The summed E-state index contributed by atoms with van der Waals surface area (Å²) in [7, 11) is 1.14. The second-order valence-electron chi connectivity index (χ2n) is 5.70. The van der Waals surface area contributed by atoms with E-state index in [2.05, 4.69) is 40.9 Å². The van der Waals surface area contributed by atoms with Crippen LogP contribution in [0.1, 0.15) is 39.5 Å². The van der Waals surface area contributed by atoms with Gasteiger partial charge >= 0.3 is 0 Å². The highest BCUT2D eigenvalue weighted by Crippen LogP contribution is 2.01. The van der Waals surface area contributed by atoms with Crippen LogP contribution in [0.5, 0.6) is 0 Å². The molecule has 140 valence electrons. The van der Waals surface area contributed by atoms with Crippen LogP contribution in [-0.4, -0.2) is 38.1 Å². The fraction of sp³-hybridized carbons (Fsp3) is 0.733. The Kier molecular flexibility index (Phi) is 14.8. The van der Waals surface area contributed by atoms with E-state index in [1.807, 2.05) is 0 Å². The lowest BCUT2D eigenvalue weighted by Crippen LogP contribution is -2.30. The summed E-state index contributed by atoms with van der Waals surface area (Å²) in [6.07, 6.45) is 3.49. The molecule has 0 rings (SSSR count). The van der Waals surface area contributed by atoms with Crippen molar-refractivity contribution in [3.8, 4) is 0 Å². The average Bonchev–Trinajstić information content (AvgIpc) is 2.54. The lowest BCUT2D eigenvalue weighted by atomic mass is 10.2. The van der Waals surface area contributed by atoms with Gasteiger partial charge in [0, 0.05) is 55.4 Å².